The Labute approximate surface area is 130 Å². The smallest absolute Gasteiger partial charge is 0.236 e. The average Bonchev–Trinajstić information content (AvgIpc) is 2.47. The van der Waals surface area contributed by atoms with Gasteiger partial charge in [-0.05, 0) is 45.1 Å². The molecule has 0 aromatic rings. The van der Waals surface area contributed by atoms with Crippen LogP contribution in [-0.4, -0.2) is 72.5 Å². The van der Waals surface area contributed by atoms with E-state index in [9.17, 15) is 4.79 Å². The molecular weight excluding hydrogens is 262 g/mol. The fraction of sp³-hybridized carbons (Fsp3) is 0.941. The van der Waals surface area contributed by atoms with E-state index < -0.39 is 0 Å². The molecule has 2 rings (SSSR count). The van der Waals surface area contributed by atoms with Crippen molar-refractivity contribution in [2.75, 3.05) is 45.8 Å². The summed E-state index contributed by atoms with van der Waals surface area (Å²) in [5, 5.41) is 0. The summed E-state index contributed by atoms with van der Waals surface area (Å²) in [7, 11) is 0. The molecule has 1 atom stereocenters. The van der Waals surface area contributed by atoms with E-state index in [0.29, 0.717) is 18.5 Å². The molecule has 0 radical (unpaired) electrons. The van der Waals surface area contributed by atoms with Crippen molar-refractivity contribution in [1.29, 1.82) is 0 Å². The zero-order valence-corrected chi connectivity index (χ0v) is 14.2. The molecule has 0 aromatic carbocycles. The number of hydrogen-bond donors (Lipinski definition) is 0. The first-order valence-corrected chi connectivity index (χ1v) is 8.80. The SMILES string of the molecule is CC(C)CCN1CCN(CC(=O)N2CCCCC2C)CC1. The highest BCUT2D eigenvalue weighted by Gasteiger charge is 2.26. The molecule has 21 heavy (non-hydrogen) atoms. The zero-order chi connectivity index (χ0) is 15.2. The van der Waals surface area contributed by atoms with E-state index in [1.807, 2.05) is 0 Å². The number of amides is 1. The Morgan fingerprint density at radius 2 is 1.71 bits per heavy atom. The normalized spacial score (nSPS) is 25.5. The maximum atomic E-state index is 12.4. The largest absolute Gasteiger partial charge is 0.339 e. The average molecular weight is 295 g/mol. The summed E-state index contributed by atoms with van der Waals surface area (Å²) in [5.41, 5.74) is 0. The molecule has 122 valence electrons. The van der Waals surface area contributed by atoms with Crippen molar-refractivity contribution in [1.82, 2.24) is 14.7 Å². The molecule has 2 heterocycles. The van der Waals surface area contributed by atoms with Gasteiger partial charge in [0.05, 0.1) is 6.54 Å². The minimum atomic E-state index is 0.345. The second-order valence-electron chi connectivity index (χ2n) is 7.23. The molecule has 4 nitrogen and oxygen atoms in total. The van der Waals surface area contributed by atoms with Crippen LogP contribution in [0, 0.1) is 5.92 Å². The van der Waals surface area contributed by atoms with E-state index in [0.717, 1.165) is 38.6 Å². The highest BCUT2D eigenvalue weighted by molar-refractivity contribution is 5.78. The van der Waals surface area contributed by atoms with Gasteiger partial charge in [-0.15, -0.1) is 0 Å². The minimum absolute atomic E-state index is 0.345. The Morgan fingerprint density at radius 1 is 1.05 bits per heavy atom. The second-order valence-corrected chi connectivity index (χ2v) is 7.23. The molecule has 0 saturated carbocycles. The van der Waals surface area contributed by atoms with Crippen LogP contribution in [0.1, 0.15) is 46.5 Å². The third-order valence-electron chi connectivity index (χ3n) is 4.97. The third kappa shape index (κ3) is 5.26. The standard InChI is InChI=1S/C17H33N3O/c1-15(2)7-9-18-10-12-19(13-11-18)14-17(21)20-8-5-4-6-16(20)3/h15-16H,4-14H2,1-3H3. The molecular formula is C17H33N3O. The van der Waals surface area contributed by atoms with E-state index in [1.165, 1.54) is 32.2 Å². The van der Waals surface area contributed by atoms with Crippen molar-refractivity contribution in [3.63, 3.8) is 0 Å². The Kier molecular flexibility index (Phi) is 6.49. The summed E-state index contributed by atoms with van der Waals surface area (Å²) < 4.78 is 0. The Morgan fingerprint density at radius 3 is 2.33 bits per heavy atom. The highest BCUT2D eigenvalue weighted by Crippen LogP contribution is 2.17. The number of carbonyl (C=O) groups excluding carboxylic acids is 1. The topological polar surface area (TPSA) is 26.8 Å². The molecule has 2 aliphatic rings. The van der Waals surface area contributed by atoms with Crippen LogP contribution in [0.4, 0.5) is 0 Å². The quantitative estimate of drug-likeness (QED) is 0.777. The molecule has 0 spiro atoms. The van der Waals surface area contributed by atoms with Crippen LogP contribution in [0.15, 0.2) is 0 Å². The molecule has 1 amide bonds. The fourth-order valence-electron chi connectivity index (χ4n) is 3.36. The van der Waals surface area contributed by atoms with E-state index in [-0.39, 0.29) is 0 Å². The summed E-state index contributed by atoms with van der Waals surface area (Å²) in [5.74, 6) is 1.13. The van der Waals surface area contributed by atoms with Crippen molar-refractivity contribution in [3.8, 4) is 0 Å². The summed E-state index contributed by atoms with van der Waals surface area (Å²) in [4.78, 5) is 19.4. The van der Waals surface area contributed by atoms with E-state index in [1.54, 1.807) is 0 Å². The number of carbonyl (C=O) groups is 1. The summed E-state index contributed by atoms with van der Waals surface area (Å²) >= 11 is 0. The van der Waals surface area contributed by atoms with Crippen LogP contribution < -0.4 is 0 Å². The molecule has 1 unspecified atom stereocenters. The van der Waals surface area contributed by atoms with Crippen molar-refractivity contribution in [2.45, 2.75) is 52.5 Å². The Bertz CT molecular complexity index is 324. The number of piperidine rings is 1. The Balaban J connectivity index is 1.69. The number of hydrogen-bond acceptors (Lipinski definition) is 3. The molecule has 0 N–H and O–H groups in total. The molecule has 4 heteroatoms. The van der Waals surface area contributed by atoms with Crippen molar-refractivity contribution >= 4 is 5.91 Å². The maximum absolute atomic E-state index is 12.4. The van der Waals surface area contributed by atoms with Crippen LogP contribution in [0.25, 0.3) is 0 Å². The van der Waals surface area contributed by atoms with Crippen LogP contribution >= 0.6 is 0 Å². The number of nitrogens with zero attached hydrogens (tertiary/aromatic N) is 3. The van der Waals surface area contributed by atoms with E-state index >= 15 is 0 Å². The van der Waals surface area contributed by atoms with Gasteiger partial charge in [0, 0.05) is 38.8 Å². The minimum Gasteiger partial charge on any atom is -0.339 e. The lowest BCUT2D eigenvalue weighted by molar-refractivity contribution is -0.136. The first-order chi connectivity index (χ1) is 10.1. The predicted octanol–water partition coefficient (Wildman–Crippen LogP) is 2.05. The lowest BCUT2D eigenvalue weighted by Gasteiger charge is -2.38. The maximum Gasteiger partial charge on any atom is 0.236 e. The lowest BCUT2D eigenvalue weighted by Crippen LogP contribution is -2.52. The van der Waals surface area contributed by atoms with Crippen LogP contribution in [0.3, 0.4) is 0 Å². The number of piperazine rings is 1. The first kappa shape index (κ1) is 16.8. The summed E-state index contributed by atoms with van der Waals surface area (Å²) in [6, 6.07) is 0.443. The number of likely N-dealkylation sites (tertiary alicyclic amines) is 1. The van der Waals surface area contributed by atoms with Gasteiger partial charge in [0.15, 0.2) is 0 Å². The summed E-state index contributed by atoms with van der Waals surface area (Å²) in [6.07, 6.45) is 4.91. The van der Waals surface area contributed by atoms with Crippen LogP contribution in [-0.2, 0) is 4.79 Å². The van der Waals surface area contributed by atoms with E-state index in [2.05, 4.69) is 35.5 Å². The van der Waals surface area contributed by atoms with Crippen LogP contribution in [0.2, 0.25) is 0 Å². The van der Waals surface area contributed by atoms with Crippen molar-refractivity contribution in [3.05, 3.63) is 0 Å². The lowest BCUT2D eigenvalue weighted by atomic mass is 10.0. The third-order valence-corrected chi connectivity index (χ3v) is 4.97. The van der Waals surface area contributed by atoms with Crippen LogP contribution in [0.5, 0.6) is 0 Å². The van der Waals surface area contributed by atoms with Gasteiger partial charge in [0.1, 0.15) is 0 Å². The van der Waals surface area contributed by atoms with Crippen molar-refractivity contribution < 1.29 is 4.79 Å². The van der Waals surface area contributed by atoms with Gasteiger partial charge in [-0.1, -0.05) is 13.8 Å². The summed E-state index contributed by atoms with van der Waals surface area (Å²) in [6.45, 7) is 13.9. The van der Waals surface area contributed by atoms with Gasteiger partial charge >= 0.3 is 0 Å². The van der Waals surface area contributed by atoms with Gasteiger partial charge in [0.2, 0.25) is 5.91 Å². The highest BCUT2D eigenvalue weighted by atomic mass is 16.2. The van der Waals surface area contributed by atoms with Gasteiger partial charge in [0.25, 0.3) is 0 Å². The first-order valence-electron chi connectivity index (χ1n) is 8.80. The molecule has 2 fully saturated rings. The molecule has 0 aromatic heterocycles. The second kappa shape index (κ2) is 8.14. The molecule has 2 saturated heterocycles. The zero-order valence-electron chi connectivity index (χ0n) is 14.2. The monoisotopic (exact) mass is 295 g/mol. The van der Waals surface area contributed by atoms with Crippen molar-refractivity contribution in [2.24, 2.45) is 5.92 Å². The molecule has 0 bridgehead atoms. The Hall–Kier alpha value is -0.610. The van der Waals surface area contributed by atoms with Gasteiger partial charge in [-0.25, -0.2) is 0 Å². The molecule has 2 aliphatic heterocycles. The van der Waals surface area contributed by atoms with Gasteiger partial charge < -0.3 is 9.80 Å². The van der Waals surface area contributed by atoms with Gasteiger partial charge in [-0.2, -0.15) is 0 Å². The van der Waals surface area contributed by atoms with E-state index in [4.69, 9.17) is 0 Å². The van der Waals surface area contributed by atoms with Gasteiger partial charge in [-0.3, -0.25) is 9.69 Å². The fourth-order valence-corrected chi connectivity index (χ4v) is 3.36. The predicted molar refractivity (Wildman–Crippen MR) is 87.4 cm³/mol. The number of rotatable bonds is 5. The molecule has 0 aliphatic carbocycles.